The van der Waals surface area contributed by atoms with Crippen molar-refractivity contribution in [3.63, 3.8) is 0 Å². The molecule has 0 aliphatic carbocycles. The van der Waals surface area contributed by atoms with E-state index in [4.69, 9.17) is 29.0 Å². The molecule has 0 saturated heterocycles. The average molecular weight is 331 g/mol. The van der Waals surface area contributed by atoms with Gasteiger partial charge in [0.2, 0.25) is 0 Å². The first-order valence-electron chi connectivity index (χ1n) is 8.08. The number of benzene rings is 1. The molecule has 4 heteroatoms. The molecule has 0 aliphatic rings. The first kappa shape index (κ1) is 18.8. The van der Waals surface area contributed by atoms with Crippen LogP contribution >= 0.6 is 23.2 Å². The molecule has 0 aromatic heterocycles. The molecule has 0 amide bonds. The van der Waals surface area contributed by atoms with Crippen molar-refractivity contribution in [3.05, 3.63) is 33.8 Å². The number of hydrazine groups is 1. The van der Waals surface area contributed by atoms with Gasteiger partial charge in [0.05, 0.1) is 0 Å². The van der Waals surface area contributed by atoms with E-state index in [1.165, 1.54) is 44.9 Å². The number of rotatable bonds is 11. The van der Waals surface area contributed by atoms with Crippen molar-refractivity contribution in [1.82, 2.24) is 5.43 Å². The Balaban J connectivity index is 2.29. The minimum absolute atomic E-state index is 0.234. The maximum atomic E-state index is 6.21. The van der Waals surface area contributed by atoms with Gasteiger partial charge in [-0.15, -0.1) is 0 Å². The summed E-state index contributed by atoms with van der Waals surface area (Å²) in [6, 6.07) is 5.86. The number of halogens is 2. The monoisotopic (exact) mass is 330 g/mol. The van der Waals surface area contributed by atoms with E-state index in [1.807, 2.05) is 18.2 Å². The molecule has 1 aromatic carbocycles. The van der Waals surface area contributed by atoms with Gasteiger partial charge in [-0.1, -0.05) is 81.1 Å². The van der Waals surface area contributed by atoms with Crippen molar-refractivity contribution < 1.29 is 0 Å². The molecule has 3 N–H and O–H groups in total. The number of nitrogens with one attached hydrogen (secondary N) is 1. The molecule has 0 spiro atoms. The van der Waals surface area contributed by atoms with E-state index in [1.54, 1.807) is 0 Å². The van der Waals surface area contributed by atoms with Gasteiger partial charge in [-0.05, 0) is 30.5 Å². The summed E-state index contributed by atoms with van der Waals surface area (Å²) >= 11 is 12.4. The third kappa shape index (κ3) is 7.51. The van der Waals surface area contributed by atoms with Crippen LogP contribution in [0.3, 0.4) is 0 Å². The lowest BCUT2D eigenvalue weighted by atomic mass is 10.00. The Hall–Kier alpha value is -0.280. The molecule has 0 radical (unpaired) electrons. The predicted molar refractivity (Wildman–Crippen MR) is 93.9 cm³/mol. The molecule has 0 saturated carbocycles. The zero-order valence-corrected chi connectivity index (χ0v) is 14.5. The van der Waals surface area contributed by atoms with Gasteiger partial charge in [-0.2, -0.15) is 0 Å². The quantitative estimate of drug-likeness (QED) is 0.319. The largest absolute Gasteiger partial charge is 0.271 e. The standard InChI is InChI=1S/C17H28Cl2N2/c1-2-3-4-5-6-7-8-10-14(21-20)13-15-16(18)11-9-12-17(15)19/h9,11-12,14,21H,2-8,10,13,20H2,1H3. The van der Waals surface area contributed by atoms with Gasteiger partial charge in [-0.3, -0.25) is 11.3 Å². The average Bonchev–Trinajstić information content (AvgIpc) is 2.48. The van der Waals surface area contributed by atoms with Crippen molar-refractivity contribution in [3.8, 4) is 0 Å². The predicted octanol–water partition coefficient (Wildman–Crippen LogP) is 5.51. The summed E-state index contributed by atoms with van der Waals surface area (Å²) in [5.74, 6) is 5.67. The molecule has 0 heterocycles. The van der Waals surface area contributed by atoms with E-state index in [2.05, 4.69) is 12.3 Å². The zero-order chi connectivity index (χ0) is 15.5. The molecule has 0 aliphatic heterocycles. The Morgan fingerprint density at radius 2 is 1.57 bits per heavy atom. The van der Waals surface area contributed by atoms with Crippen molar-refractivity contribution in [2.45, 2.75) is 70.8 Å². The van der Waals surface area contributed by atoms with Crippen LogP contribution in [0.5, 0.6) is 0 Å². The summed E-state index contributed by atoms with van der Waals surface area (Å²) in [6.45, 7) is 2.25. The molecule has 1 atom stereocenters. The van der Waals surface area contributed by atoms with Gasteiger partial charge in [0, 0.05) is 16.1 Å². The van der Waals surface area contributed by atoms with E-state index in [0.717, 1.165) is 28.5 Å². The van der Waals surface area contributed by atoms with Gasteiger partial charge in [0.1, 0.15) is 0 Å². The summed E-state index contributed by atoms with van der Waals surface area (Å²) in [4.78, 5) is 0. The van der Waals surface area contributed by atoms with Gasteiger partial charge < -0.3 is 0 Å². The van der Waals surface area contributed by atoms with Crippen LogP contribution in [-0.2, 0) is 6.42 Å². The minimum atomic E-state index is 0.234. The highest BCUT2D eigenvalue weighted by atomic mass is 35.5. The van der Waals surface area contributed by atoms with Gasteiger partial charge in [0.25, 0.3) is 0 Å². The Morgan fingerprint density at radius 1 is 1.00 bits per heavy atom. The fraction of sp³-hybridized carbons (Fsp3) is 0.647. The van der Waals surface area contributed by atoms with Crippen LogP contribution in [0.15, 0.2) is 18.2 Å². The Bertz CT molecular complexity index is 376. The topological polar surface area (TPSA) is 38.0 Å². The lowest BCUT2D eigenvalue weighted by Crippen LogP contribution is -2.36. The number of unbranched alkanes of at least 4 members (excludes halogenated alkanes) is 6. The second-order valence-electron chi connectivity index (χ2n) is 5.68. The van der Waals surface area contributed by atoms with Crippen molar-refractivity contribution in [2.75, 3.05) is 0 Å². The molecular formula is C17H28Cl2N2. The third-order valence-electron chi connectivity index (χ3n) is 3.90. The summed E-state index contributed by atoms with van der Waals surface area (Å²) < 4.78 is 0. The Kier molecular flexibility index (Phi) is 10.1. The van der Waals surface area contributed by atoms with Crippen LogP contribution in [0.1, 0.15) is 63.9 Å². The van der Waals surface area contributed by atoms with Crippen LogP contribution in [0.2, 0.25) is 10.0 Å². The smallest absolute Gasteiger partial charge is 0.0453 e. The molecule has 21 heavy (non-hydrogen) atoms. The first-order chi connectivity index (χ1) is 10.2. The molecule has 120 valence electrons. The van der Waals surface area contributed by atoms with E-state index in [0.29, 0.717) is 0 Å². The van der Waals surface area contributed by atoms with Crippen LogP contribution in [0, 0.1) is 0 Å². The highest BCUT2D eigenvalue weighted by Crippen LogP contribution is 2.26. The van der Waals surface area contributed by atoms with E-state index >= 15 is 0 Å². The lowest BCUT2D eigenvalue weighted by Gasteiger charge is -2.17. The molecular weight excluding hydrogens is 303 g/mol. The van der Waals surface area contributed by atoms with E-state index in [9.17, 15) is 0 Å². The zero-order valence-electron chi connectivity index (χ0n) is 13.0. The first-order valence-corrected chi connectivity index (χ1v) is 8.83. The third-order valence-corrected chi connectivity index (χ3v) is 4.61. The number of nitrogens with two attached hydrogens (primary N) is 1. The highest BCUT2D eigenvalue weighted by molar-refractivity contribution is 6.35. The molecule has 1 unspecified atom stereocenters. The SMILES string of the molecule is CCCCCCCCCC(Cc1c(Cl)cccc1Cl)NN. The Morgan fingerprint density at radius 3 is 2.14 bits per heavy atom. The van der Waals surface area contributed by atoms with Crippen LogP contribution in [0.25, 0.3) is 0 Å². The van der Waals surface area contributed by atoms with E-state index < -0.39 is 0 Å². The summed E-state index contributed by atoms with van der Waals surface area (Å²) in [5, 5.41) is 1.45. The fourth-order valence-electron chi connectivity index (χ4n) is 2.57. The van der Waals surface area contributed by atoms with Gasteiger partial charge in [0.15, 0.2) is 0 Å². The summed E-state index contributed by atoms with van der Waals surface area (Å²) in [6.07, 6.45) is 11.0. The van der Waals surface area contributed by atoms with Crippen molar-refractivity contribution >= 4 is 23.2 Å². The fourth-order valence-corrected chi connectivity index (χ4v) is 3.12. The van der Waals surface area contributed by atoms with Crippen LogP contribution in [0.4, 0.5) is 0 Å². The minimum Gasteiger partial charge on any atom is -0.271 e. The number of hydrogen-bond donors (Lipinski definition) is 2. The van der Waals surface area contributed by atoms with Crippen molar-refractivity contribution in [1.29, 1.82) is 0 Å². The molecule has 0 fully saturated rings. The van der Waals surface area contributed by atoms with Crippen LogP contribution in [-0.4, -0.2) is 6.04 Å². The maximum Gasteiger partial charge on any atom is 0.0453 e. The maximum absolute atomic E-state index is 6.21. The van der Waals surface area contributed by atoms with Gasteiger partial charge in [-0.25, -0.2) is 0 Å². The Labute approximate surface area is 139 Å². The summed E-state index contributed by atoms with van der Waals surface area (Å²) in [7, 11) is 0. The molecule has 1 aromatic rings. The van der Waals surface area contributed by atoms with E-state index in [-0.39, 0.29) is 6.04 Å². The second-order valence-corrected chi connectivity index (χ2v) is 6.49. The summed E-state index contributed by atoms with van der Waals surface area (Å²) in [5.41, 5.74) is 3.89. The molecule has 2 nitrogen and oxygen atoms in total. The molecule has 1 rings (SSSR count). The van der Waals surface area contributed by atoms with Crippen molar-refractivity contribution in [2.24, 2.45) is 5.84 Å². The highest BCUT2D eigenvalue weighted by Gasteiger charge is 2.12. The molecule has 0 bridgehead atoms. The number of hydrogen-bond acceptors (Lipinski definition) is 2. The lowest BCUT2D eigenvalue weighted by molar-refractivity contribution is 0.459. The van der Waals surface area contributed by atoms with Gasteiger partial charge >= 0.3 is 0 Å². The van der Waals surface area contributed by atoms with Crippen LogP contribution < -0.4 is 11.3 Å². The normalized spacial score (nSPS) is 12.6. The second kappa shape index (κ2) is 11.3.